The number of aromatic nitrogens is 2. The first-order chi connectivity index (χ1) is 22.2. The fourth-order valence-corrected chi connectivity index (χ4v) is 7.26. The molecule has 3 fully saturated rings. The van der Waals surface area contributed by atoms with E-state index in [0.717, 1.165) is 92.4 Å². The smallest absolute Gasteiger partial charge is 0.253 e. The van der Waals surface area contributed by atoms with E-state index in [9.17, 15) is 14.4 Å². The molecule has 244 valence electrons. The first-order valence-corrected chi connectivity index (χ1v) is 17.0. The Kier molecular flexibility index (Phi) is 9.32. The molecule has 3 aromatic rings. The number of anilines is 2. The first-order valence-electron chi connectivity index (χ1n) is 17.0. The van der Waals surface area contributed by atoms with Gasteiger partial charge in [0.05, 0.1) is 0 Å². The van der Waals surface area contributed by atoms with E-state index in [1.165, 1.54) is 19.4 Å². The van der Waals surface area contributed by atoms with Gasteiger partial charge in [0.2, 0.25) is 5.91 Å². The summed E-state index contributed by atoms with van der Waals surface area (Å²) >= 11 is 0. The van der Waals surface area contributed by atoms with E-state index >= 15 is 0 Å². The third-order valence-electron chi connectivity index (χ3n) is 10.5. The van der Waals surface area contributed by atoms with Gasteiger partial charge in [-0.1, -0.05) is 19.8 Å². The SMILES string of the molecule is CCC1(C(=O)Nc2cc(-c3ccnc(N4CCN(CC5CC5)CC4)c3)cc(C(=O)NCc3c(C)cc(C)[nH]c3=O)c2C)CCCC1. The Morgan fingerprint density at radius 2 is 1.74 bits per heavy atom. The molecule has 3 heterocycles. The summed E-state index contributed by atoms with van der Waals surface area (Å²) in [4.78, 5) is 52.6. The van der Waals surface area contributed by atoms with E-state index in [1.807, 2.05) is 51.2 Å². The Bertz CT molecular complexity index is 1660. The molecule has 0 spiro atoms. The minimum absolute atomic E-state index is 0.0282. The van der Waals surface area contributed by atoms with E-state index < -0.39 is 0 Å². The van der Waals surface area contributed by atoms with Gasteiger partial charge < -0.3 is 20.5 Å². The van der Waals surface area contributed by atoms with Gasteiger partial charge in [-0.3, -0.25) is 19.3 Å². The van der Waals surface area contributed by atoms with Gasteiger partial charge in [-0.25, -0.2) is 4.98 Å². The number of nitrogens with one attached hydrogen (secondary N) is 3. The van der Waals surface area contributed by atoms with Gasteiger partial charge in [0.1, 0.15) is 5.82 Å². The molecular formula is C37H48N6O3. The molecule has 2 amide bonds. The van der Waals surface area contributed by atoms with Gasteiger partial charge in [0, 0.05) is 73.4 Å². The number of benzene rings is 1. The van der Waals surface area contributed by atoms with Crippen molar-refractivity contribution in [3.63, 3.8) is 0 Å². The minimum atomic E-state index is -0.375. The molecular weight excluding hydrogens is 576 g/mol. The Labute approximate surface area is 272 Å². The second-order valence-electron chi connectivity index (χ2n) is 13.8. The van der Waals surface area contributed by atoms with Crippen molar-refractivity contribution in [1.29, 1.82) is 0 Å². The van der Waals surface area contributed by atoms with Crippen LogP contribution in [0.3, 0.4) is 0 Å². The standard InChI is InChI=1S/C37H48N6O3/c1-5-37(11-6-7-12-37)36(46)41-32-20-29(19-30(26(32)4)34(44)39-22-31-24(2)18-25(3)40-35(31)45)28-10-13-38-33(21-28)43-16-14-42(15-17-43)23-27-8-9-27/h10,13,18-21,27H,5-9,11-12,14-17,22-23H2,1-4H3,(H,39,44)(H,40,45)(H,41,46). The van der Waals surface area contributed by atoms with Crippen LogP contribution in [0.5, 0.6) is 0 Å². The largest absolute Gasteiger partial charge is 0.354 e. The number of hydrogen-bond donors (Lipinski definition) is 3. The average Bonchev–Trinajstić information content (AvgIpc) is 3.72. The third-order valence-corrected chi connectivity index (χ3v) is 10.5. The van der Waals surface area contributed by atoms with Crippen LogP contribution >= 0.6 is 0 Å². The molecule has 1 aromatic carbocycles. The summed E-state index contributed by atoms with van der Waals surface area (Å²) in [5.41, 5.74) is 5.16. The van der Waals surface area contributed by atoms with Crippen molar-refractivity contribution >= 4 is 23.3 Å². The predicted octanol–water partition coefficient (Wildman–Crippen LogP) is 5.73. The van der Waals surface area contributed by atoms with Crippen molar-refractivity contribution in [2.75, 3.05) is 42.9 Å². The number of carbonyl (C=O) groups is 2. The Morgan fingerprint density at radius 1 is 1.00 bits per heavy atom. The van der Waals surface area contributed by atoms with Crippen LogP contribution in [-0.2, 0) is 11.3 Å². The highest BCUT2D eigenvalue weighted by Gasteiger charge is 2.39. The van der Waals surface area contributed by atoms with E-state index in [4.69, 9.17) is 4.98 Å². The molecule has 2 aromatic heterocycles. The average molecular weight is 625 g/mol. The third kappa shape index (κ3) is 6.89. The monoisotopic (exact) mass is 624 g/mol. The number of pyridine rings is 2. The number of nitrogens with zero attached hydrogens (tertiary/aromatic N) is 3. The van der Waals surface area contributed by atoms with Gasteiger partial charge in [-0.2, -0.15) is 0 Å². The number of piperazine rings is 1. The zero-order valence-electron chi connectivity index (χ0n) is 27.8. The zero-order chi connectivity index (χ0) is 32.4. The highest BCUT2D eigenvalue weighted by atomic mass is 16.2. The first kappa shape index (κ1) is 32.0. The fraction of sp³-hybridized carbons (Fsp3) is 0.514. The fourth-order valence-electron chi connectivity index (χ4n) is 7.26. The molecule has 2 saturated carbocycles. The Hall–Kier alpha value is -3.98. The van der Waals surface area contributed by atoms with Crippen LogP contribution in [0.15, 0.2) is 41.3 Å². The van der Waals surface area contributed by atoms with Crippen molar-refractivity contribution in [3.8, 4) is 11.1 Å². The van der Waals surface area contributed by atoms with Crippen LogP contribution in [0, 0.1) is 32.1 Å². The molecule has 0 atom stereocenters. The Morgan fingerprint density at radius 3 is 2.41 bits per heavy atom. The molecule has 46 heavy (non-hydrogen) atoms. The number of aryl methyl sites for hydroxylation is 2. The molecule has 0 bridgehead atoms. The lowest BCUT2D eigenvalue weighted by atomic mass is 9.82. The molecule has 6 rings (SSSR count). The zero-order valence-corrected chi connectivity index (χ0v) is 27.8. The molecule has 2 aliphatic carbocycles. The van der Waals surface area contributed by atoms with Crippen LogP contribution in [-0.4, -0.2) is 59.4 Å². The second kappa shape index (κ2) is 13.4. The van der Waals surface area contributed by atoms with Gasteiger partial charge in [-0.15, -0.1) is 0 Å². The predicted molar refractivity (Wildman–Crippen MR) is 183 cm³/mol. The van der Waals surface area contributed by atoms with E-state index in [1.54, 1.807) is 0 Å². The molecule has 0 unspecified atom stereocenters. The molecule has 0 radical (unpaired) electrons. The summed E-state index contributed by atoms with van der Waals surface area (Å²) in [6, 6.07) is 9.84. The maximum atomic E-state index is 13.8. The second-order valence-corrected chi connectivity index (χ2v) is 13.8. The minimum Gasteiger partial charge on any atom is -0.354 e. The quantitative estimate of drug-likeness (QED) is 0.266. The van der Waals surface area contributed by atoms with E-state index in [0.29, 0.717) is 22.4 Å². The maximum absolute atomic E-state index is 13.8. The highest BCUT2D eigenvalue weighted by Crippen LogP contribution is 2.42. The van der Waals surface area contributed by atoms with Crippen LogP contribution < -0.4 is 21.1 Å². The maximum Gasteiger partial charge on any atom is 0.253 e. The topological polar surface area (TPSA) is 110 Å². The van der Waals surface area contributed by atoms with Gasteiger partial charge >= 0.3 is 0 Å². The molecule has 9 heteroatoms. The number of amides is 2. The van der Waals surface area contributed by atoms with Crippen LogP contribution in [0.1, 0.15) is 84.6 Å². The molecule has 9 nitrogen and oxygen atoms in total. The van der Waals surface area contributed by atoms with Crippen LogP contribution in [0.2, 0.25) is 0 Å². The highest BCUT2D eigenvalue weighted by molar-refractivity contribution is 6.02. The van der Waals surface area contributed by atoms with E-state index in [2.05, 4.69) is 38.4 Å². The lowest BCUT2D eigenvalue weighted by Crippen LogP contribution is -2.47. The van der Waals surface area contributed by atoms with Crippen molar-refractivity contribution in [2.45, 2.75) is 79.2 Å². The summed E-state index contributed by atoms with van der Waals surface area (Å²) in [6.45, 7) is 12.9. The van der Waals surface area contributed by atoms with Gasteiger partial charge in [0.15, 0.2) is 0 Å². The molecule has 3 N–H and O–H groups in total. The molecule has 1 aliphatic heterocycles. The van der Waals surface area contributed by atoms with Gasteiger partial charge in [0.25, 0.3) is 11.5 Å². The van der Waals surface area contributed by atoms with Crippen molar-refractivity contribution in [1.82, 2.24) is 20.2 Å². The van der Waals surface area contributed by atoms with Crippen molar-refractivity contribution in [3.05, 3.63) is 74.8 Å². The lowest BCUT2D eigenvalue weighted by molar-refractivity contribution is -0.125. The molecule has 1 saturated heterocycles. The van der Waals surface area contributed by atoms with Crippen LogP contribution in [0.4, 0.5) is 11.5 Å². The summed E-state index contributed by atoms with van der Waals surface area (Å²) < 4.78 is 0. The molecule has 3 aliphatic rings. The van der Waals surface area contributed by atoms with Crippen LogP contribution in [0.25, 0.3) is 11.1 Å². The number of carbonyl (C=O) groups excluding carboxylic acids is 2. The summed E-state index contributed by atoms with van der Waals surface area (Å²) in [6.07, 6.45) is 9.23. The van der Waals surface area contributed by atoms with Gasteiger partial charge in [-0.05, 0) is 111 Å². The van der Waals surface area contributed by atoms with E-state index in [-0.39, 0.29) is 29.3 Å². The summed E-state index contributed by atoms with van der Waals surface area (Å²) in [7, 11) is 0. The van der Waals surface area contributed by atoms with Crippen molar-refractivity contribution in [2.24, 2.45) is 11.3 Å². The summed E-state index contributed by atoms with van der Waals surface area (Å²) in [5.74, 6) is 1.55. The number of rotatable bonds is 10. The number of hydrogen-bond acceptors (Lipinski definition) is 6. The van der Waals surface area contributed by atoms with Crippen molar-refractivity contribution < 1.29 is 9.59 Å². The normalized spacial score (nSPS) is 18.0. The Balaban J connectivity index is 1.29. The lowest BCUT2D eigenvalue weighted by Gasteiger charge is -2.35. The number of H-pyrrole nitrogens is 1. The summed E-state index contributed by atoms with van der Waals surface area (Å²) in [5, 5.41) is 6.22. The number of aromatic amines is 1.